The maximum absolute atomic E-state index is 5.97. The number of nitrogens with zero attached hydrogens (tertiary/aromatic N) is 1. The first-order valence-corrected chi connectivity index (χ1v) is 6.99. The molecule has 1 aromatic rings. The molecule has 1 heterocycles. The normalized spacial score (nSPS) is 20.9. The summed E-state index contributed by atoms with van der Waals surface area (Å²) in [5.41, 5.74) is 5.58. The number of hydrogen-bond donors (Lipinski definition) is 1. The number of piperidine rings is 1. The summed E-state index contributed by atoms with van der Waals surface area (Å²) in [5.74, 6) is 0.781. The van der Waals surface area contributed by atoms with E-state index in [-0.39, 0.29) is 6.10 Å². The van der Waals surface area contributed by atoms with Crippen molar-refractivity contribution < 1.29 is 4.74 Å². The maximum atomic E-state index is 5.97. The molecule has 1 atom stereocenters. The van der Waals surface area contributed by atoms with Gasteiger partial charge in [0.05, 0.1) is 10.0 Å². The summed E-state index contributed by atoms with van der Waals surface area (Å²) in [4.78, 5) is 2.34. The highest BCUT2D eigenvalue weighted by molar-refractivity contribution is 6.42. The van der Waals surface area contributed by atoms with Crippen LogP contribution in [0.3, 0.4) is 0 Å². The lowest BCUT2D eigenvalue weighted by Crippen LogP contribution is -2.43. The van der Waals surface area contributed by atoms with E-state index in [1.165, 1.54) is 0 Å². The Morgan fingerprint density at radius 2 is 2.17 bits per heavy atom. The van der Waals surface area contributed by atoms with Gasteiger partial charge in [0.15, 0.2) is 0 Å². The van der Waals surface area contributed by atoms with E-state index >= 15 is 0 Å². The minimum atomic E-state index is 0.211. The molecule has 3 nitrogen and oxygen atoms in total. The topological polar surface area (TPSA) is 38.5 Å². The van der Waals surface area contributed by atoms with Crippen LogP contribution in [0.25, 0.3) is 0 Å². The van der Waals surface area contributed by atoms with Crippen LogP contribution in [0.5, 0.6) is 5.75 Å². The molecule has 5 heteroatoms. The summed E-state index contributed by atoms with van der Waals surface area (Å²) >= 11 is 11.8. The average molecular weight is 289 g/mol. The van der Waals surface area contributed by atoms with E-state index < -0.39 is 0 Å². The zero-order valence-electron chi connectivity index (χ0n) is 10.2. The van der Waals surface area contributed by atoms with Gasteiger partial charge >= 0.3 is 0 Å². The predicted octanol–water partition coefficient (Wildman–Crippen LogP) is 2.80. The summed E-state index contributed by atoms with van der Waals surface area (Å²) in [6.07, 6.45) is 2.43. The van der Waals surface area contributed by atoms with Crippen LogP contribution in [0.1, 0.15) is 12.8 Å². The molecule has 1 aliphatic rings. The van der Waals surface area contributed by atoms with E-state index in [0.29, 0.717) is 16.6 Å². The third-order valence-electron chi connectivity index (χ3n) is 3.10. The smallest absolute Gasteiger partial charge is 0.121 e. The zero-order chi connectivity index (χ0) is 13.0. The molecule has 0 saturated carbocycles. The highest BCUT2D eigenvalue weighted by Gasteiger charge is 2.20. The van der Waals surface area contributed by atoms with E-state index in [0.717, 1.165) is 38.2 Å². The average Bonchev–Trinajstić information content (AvgIpc) is 2.35. The van der Waals surface area contributed by atoms with Crippen molar-refractivity contribution in [1.29, 1.82) is 0 Å². The molecule has 100 valence electrons. The Balaban J connectivity index is 1.93. The molecule has 1 unspecified atom stereocenters. The molecule has 1 fully saturated rings. The molecule has 0 bridgehead atoms. The van der Waals surface area contributed by atoms with E-state index in [1.807, 2.05) is 6.07 Å². The number of halogens is 2. The number of hydrogen-bond acceptors (Lipinski definition) is 3. The van der Waals surface area contributed by atoms with Crippen LogP contribution in [0.15, 0.2) is 18.2 Å². The van der Waals surface area contributed by atoms with Crippen molar-refractivity contribution in [1.82, 2.24) is 4.90 Å². The molecule has 0 radical (unpaired) electrons. The molecule has 0 aliphatic carbocycles. The van der Waals surface area contributed by atoms with Gasteiger partial charge in [-0.2, -0.15) is 0 Å². The van der Waals surface area contributed by atoms with Crippen molar-refractivity contribution in [2.75, 3.05) is 26.2 Å². The van der Waals surface area contributed by atoms with Crippen LogP contribution in [-0.2, 0) is 0 Å². The standard InChI is InChI=1S/C13H18Cl2N2O/c14-12-4-3-10(8-13(12)15)18-11-2-1-6-17(9-11)7-5-16/h3-4,8,11H,1-2,5-7,9,16H2. The van der Waals surface area contributed by atoms with Crippen LogP contribution in [0.4, 0.5) is 0 Å². The quantitative estimate of drug-likeness (QED) is 0.926. The summed E-state index contributed by atoms with van der Waals surface area (Å²) in [6.45, 7) is 3.66. The molecule has 1 aliphatic heterocycles. The third-order valence-corrected chi connectivity index (χ3v) is 3.84. The number of rotatable bonds is 4. The molecule has 2 N–H and O–H groups in total. The largest absolute Gasteiger partial charge is 0.489 e. The molecule has 0 aromatic heterocycles. The van der Waals surface area contributed by atoms with Crippen LogP contribution in [0.2, 0.25) is 10.0 Å². The highest BCUT2D eigenvalue weighted by Crippen LogP contribution is 2.27. The highest BCUT2D eigenvalue weighted by atomic mass is 35.5. The summed E-state index contributed by atoms with van der Waals surface area (Å²) in [5, 5.41) is 1.08. The first-order chi connectivity index (χ1) is 8.69. The van der Waals surface area contributed by atoms with E-state index in [1.54, 1.807) is 12.1 Å². The first kappa shape index (κ1) is 13.9. The number of ether oxygens (including phenoxy) is 1. The molecular formula is C13H18Cl2N2O. The second-order valence-electron chi connectivity index (χ2n) is 4.55. The van der Waals surface area contributed by atoms with Crippen molar-refractivity contribution in [2.45, 2.75) is 18.9 Å². The van der Waals surface area contributed by atoms with Crippen molar-refractivity contribution in [3.63, 3.8) is 0 Å². The van der Waals surface area contributed by atoms with Crippen LogP contribution >= 0.6 is 23.2 Å². The number of benzene rings is 1. The van der Waals surface area contributed by atoms with Gasteiger partial charge in [-0.1, -0.05) is 23.2 Å². The molecule has 2 rings (SSSR count). The van der Waals surface area contributed by atoms with Gasteiger partial charge in [-0.05, 0) is 31.5 Å². The van der Waals surface area contributed by atoms with Crippen molar-refractivity contribution >= 4 is 23.2 Å². The van der Waals surface area contributed by atoms with Gasteiger partial charge in [-0.25, -0.2) is 0 Å². The second-order valence-corrected chi connectivity index (χ2v) is 5.36. The van der Waals surface area contributed by atoms with Gasteiger partial charge in [-0.3, -0.25) is 4.90 Å². The summed E-state index contributed by atoms with van der Waals surface area (Å²) in [7, 11) is 0. The lowest BCUT2D eigenvalue weighted by molar-refractivity contribution is 0.0905. The lowest BCUT2D eigenvalue weighted by atomic mass is 10.1. The Bertz CT molecular complexity index is 399. The van der Waals surface area contributed by atoms with Gasteiger partial charge in [-0.15, -0.1) is 0 Å². The van der Waals surface area contributed by atoms with E-state index in [2.05, 4.69) is 4.90 Å². The Morgan fingerprint density at radius 3 is 2.89 bits per heavy atom. The minimum absolute atomic E-state index is 0.211. The number of nitrogens with two attached hydrogens (primary N) is 1. The van der Waals surface area contributed by atoms with Crippen molar-refractivity contribution in [3.05, 3.63) is 28.2 Å². The Morgan fingerprint density at radius 1 is 1.33 bits per heavy atom. The van der Waals surface area contributed by atoms with Gasteiger partial charge < -0.3 is 10.5 Å². The van der Waals surface area contributed by atoms with E-state index in [9.17, 15) is 0 Å². The SMILES string of the molecule is NCCN1CCCC(Oc2ccc(Cl)c(Cl)c2)C1. The van der Waals surface area contributed by atoms with Crippen molar-refractivity contribution in [3.8, 4) is 5.75 Å². The molecule has 18 heavy (non-hydrogen) atoms. The van der Waals surface area contributed by atoms with Crippen LogP contribution in [0, 0.1) is 0 Å². The first-order valence-electron chi connectivity index (χ1n) is 6.23. The molecule has 1 saturated heterocycles. The maximum Gasteiger partial charge on any atom is 0.121 e. The molecule has 0 amide bonds. The van der Waals surface area contributed by atoms with Gasteiger partial charge in [0, 0.05) is 25.7 Å². The minimum Gasteiger partial charge on any atom is -0.489 e. The van der Waals surface area contributed by atoms with Crippen LogP contribution in [-0.4, -0.2) is 37.2 Å². The Kier molecular flexibility index (Phi) is 5.13. The lowest BCUT2D eigenvalue weighted by Gasteiger charge is -2.32. The Hall–Kier alpha value is -0.480. The monoisotopic (exact) mass is 288 g/mol. The van der Waals surface area contributed by atoms with Gasteiger partial charge in [0.1, 0.15) is 11.9 Å². The third kappa shape index (κ3) is 3.75. The van der Waals surface area contributed by atoms with Gasteiger partial charge in [0.2, 0.25) is 0 Å². The predicted molar refractivity (Wildman–Crippen MR) is 75.6 cm³/mol. The molecule has 1 aromatic carbocycles. The Labute approximate surface area is 118 Å². The van der Waals surface area contributed by atoms with Gasteiger partial charge in [0.25, 0.3) is 0 Å². The molecule has 0 spiro atoms. The fourth-order valence-corrected chi connectivity index (χ4v) is 2.53. The zero-order valence-corrected chi connectivity index (χ0v) is 11.8. The van der Waals surface area contributed by atoms with E-state index in [4.69, 9.17) is 33.7 Å². The summed E-state index contributed by atoms with van der Waals surface area (Å²) in [6, 6.07) is 5.39. The fourth-order valence-electron chi connectivity index (χ4n) is 2.24. The van der Waals surface area contributed by atoms with Crippen LogP contribution < -0.4 is 10.5 Å². The molecular weight excluding hydrogens is 271 g/mol. The van der Waals surface area contributed by atoms with Crippen molar-refractivity contribution in [2.24, 2.45) is 5.73 Å². The summed E-state index contributed by atoms with van der Waals surface area (Å²) < 4.78 is 5.94. The number of likely N-dealkylation sites (tertiary alicyclic amines) is 1. The fraction of sp³-hybridized carbons (Fsp3) is 0.538. The second kappa shape index (κ2) is 6.62.